The molecule has 1 aliphatic heterocycles. The largest absolute Gasteiger partial charge is 0.294 e. The quantitative estimate of drug-likeness (QED) is 0.433. The average Bonchev–Trinajstić information content (AvgIpc) is 2.76. The Morgan fingerprint density at radius 2 is 1.67 bits per heavy atom. The highest BCUT2D eigenvalue weighted by Crippen LogP contribution is 2.22. The molecule has 4 nitrogen and oxygen atoms in total. The number of nitrogens with zero attached hydrogens (tertiary/aromatic N) is 2. The van der Waals surface area contributed by atoms with E-state index in [1.807, 2.05) is 24.3 Å². The van der Waals surface area contributed by atoms with Gasteiger partial charge in [0.05, 0.1) is 16.3 Å². The lowest BCUT2D eigenvalue weighted by molar-refractivity contribution is 0.0955. The minimum Gasteiger partial charge on any atom is -0.294 e. The van der Waals surface area contributed by atoms with Crippen LogP contribution in [-0.4, -0.2) is 23.6 Å². The maximum atomic E-state index is 12.3. The van der Waals surface area contributed by atoms with E-state index in [1.54, 1.807) is 18.2 Å². The molecule has 6 heteroatoms. The van der Waals surface area contributed by atoms with Gasteiger partial charge in [-0.05, 0) is 47.4 Å². The third-order valence-corrected chi connectivity index (χ3v) is 5.85. The Labute approximate surface area is 186 Å². The maximum Gasteiger partial charge on any atom is 0.271 e. The number of carbonyl (C=O) groups is 1. The lowest BCUT2D eigenvalue weighted by atomic mass is 9.99. The summed E-state index contributed by atoms with van der Waals surface area (Å²) in [5.74, 6) is -0.284. The summed E-state index contributed by atoms with van der Waals surface area (Å²) in [5.41, 5.74) is 7.65. The van der Waals surface area contributed by atoms with E-state index in [0.29, 0.717) is 21.2 Å². The highest BCUT2D eigenvalue weighted by atomic mass is 35.5. The summed E-state index contributed by atoms with van der Waals surface area (Å²) in [4.78, 5) is 14.8. The minimum atomic E-state index is -0.284. The molecule has 3 aromatic carbocycles. The van der Waals surface area contributed by atoms with Gasteiger partial charge < -0.3 is 0 Å². The highest BCUT2D eigenvalue weighted by molar-refractivity contribution is 6.38. The first kappa shape index (κ1) is 20.6. The smallest absolute Gasteiger partial charge is 0.271 e. The molecule has 1 heterocycles. The number of carbonyl (C=O) groups excluding carboxylic acids is 1. The third-order valence-electron chi connectivity index (χ3n) is 5.19. The normalized spacial score (nSPS) is 13.9. The van der Waals surface area contributed by atoms with Crippen molar-refractivity contribution in [1.29, 1.82) is 0 Å². The molecule has 0 aliphatic carbocycles. The molecule has 3 aromatic rings. The molecule has 1 N–H and O–H groups in total. The number of benzene rings is 3. The highest BCUT2D eigenvalue weighted by Gasteiger charge is 2.16. The Morgan fingerprint density at radius 3 is 2.40 bits per heavy atom. The molecule has 0 aromatic heterocycles. The van der Waals surface area contributed by atoms with E-state index in [0.717, 1.165) is 26.1 Å². The fraction of sp³-hybridized carbons (Fsp3) is 0.167. The number of halogens is 2. The molecule has 0 atom stereocenters. The zero-order valence-corrected chi connectivity index (χ0v) is 17.8. The number of amides is 1. The standard InChI is InChI=1S/C24H21Cl2N3O/c25-22-6-3-7-23(26)21(22)14-27-28-24(30)19-10-8-17(9-11-19)15-29-13-12-18-4-1-2-5-20(18)16-29/h1-11,14H,12-13,15-16H2,(H,28,30)/b27-14+. The molecule has 30 heavy (non-hydrogen) atoms. The Bertz CT molecular complexity index is 1060. The van der Waals surface area contributed by atoms with Crippen LogP contribution in [0.4, 0.5) is 0 Å². The van der Waals surface area contributed by atoms with Gasteiger partial charge >= 0.3 is 0 Å². The van der Waals surface area contributed by atoms with Crippen LogP contribution < -0.4 is 5.43 Å². The Hall–Kier alpha value is -2.66. The van der Waals surface area contributed by atoms with Gasteiger partial charge in [-0.2, -0.15) is 5.10 Å². The summed E-state index contributed by atoms with van der Waals surface area (Å²) in [6.45, 7) is 2.86. The zero-order valence-electron chi connectivity index (χ0n) is 16.3. The van der Waals surface area contributed by atoms with Gasteiger partial charge in [-0.15, -0.1) is 0 Å². The molecule has 0 saturated carbocycles. The monoisotopic (exact) mass is 437 g/mol. The zero-order chi connectivity index (χ0) is 20.9. The Balaban J connectivity index is 1.34. The molecule has 0 saturated heterocycles. The molecule has 0 fully saturated rings. The first-order chi connectivity index (χ1) is 14.6. The molecule has 0 bridgehead atoms. The predicted molar refractivity (Wildman–Crippen MR) is 122 cm³/mol. The molecule has 1 amide bonds. The molecule has 152 valence electrons. The van der Waals surface area contributed by atoms with Gasteiger partial charge in [0.1, 0.15) is 0 Å². The van der Waals surface area contributed by atoms with E-state index < -0.39 is 0 Å². The maximum absolute atomic E-state index is 12.3. The van der Waals surface area contributed by atoms with Crippen molar-refractivity contribution in [2.45, 2.75) is 19.5 Å². The van der Waals surface area contributed by atoms with Gasteiger partial charge in [-0.3, -0.25) is 9.69 Å². The molecule has 0 radical (unpaired) electrons. The van der Waals surface area contributed by atoms with E-state index in [1.165, 1.54) is 22.9 Å². The summed E-state index contributed by atoms with van der Waals surface area (Å²) in [6.07, 6.45) is 2.52. The van der Waals surface area contributed by atoms with Crippen molar-refractivity contribution in [3.05, 3.63) is 105 Å². The summed E-state index contributed by atoms with van der Waals surface area (Å²) >= 11 is 12.2. The number of nitrogens with one attached hydrogen (secondary N) is 1. The molecule has 1 aliphatic rings. The second kappa shape index (κ2) is 9.43. The summed E-state index contributed by atoms with van der Waals surface area (Å²) in [7, 11) is 0. The van der Waals surface area contributed by atoms with Crippen molar-refractivity contribution in [1.82, 2.24) is 10.3 Å². The lowest BCUT2D eigenvalue weighted by Crippen LogP contribution is -2.30. The number of fused-ring (bicyclic) bond motifs is 1. The van der Waals surface area contributed by atoms with Gasteiger partial charge in [0.15, 0.2) is 0 Å². The van der Waals surface area contributed by atoms with Crippen LogP contribution in [0.15, 0.2) is 71.8 Å². The van der Waals surface area contributed by atoms with Crippen molar-refractivity contribution in [2.75, 3.05) is 6.54 Å². The van der Waals surface area contributed by atoms with Crippen LogP contribution in [0.25, 0.3) is 0 Å². The van der Waals surface area contributed by atoms with E-state index in [-0.39, 0.29) is 5.91 Å². The third kappa shape index (κ3) is 4.90. The van der Waals surface area contributed by atoms with Crippen LogP contribution in [0.3, 0.4) is 0 Å². The van der Waals surface area contributed by atoms with Crippen LogP contribution in [-0.2, 0) is 19.5 Å². The second-order valence-corrected chi connectivity index (χ2v) is 8.08. The van der Waals surface area contributed by atoms with Crippen molar-refractivity contribution in [3.63, 3.8) is 0 Å². The topological polar surface area (TPSA) is 44.7 Å². The van der Waals surface area contributed by atoms with Crippen molar-refractivity contribution in [3.8, 4) is 0 Å². The van der Waals surface area contributed by atoms with Crippen LogP contribution in [0.5, 0.6) is 0 Å². The molecular formula is C24H21Cl2N3O. The van der Waals surface area contributed by atoms with Crippen LogP contribution in [0.1, 0.15) is 32.6 Å². The van der Waals surface area contributed by atoms with Crippen molar-refractivity contribution < 1.29 is 4.79 Å². The molecule has 4 rings (SSSR count). The predicted octanol–water partition coefficient (Wildman–Crippen LogP) is 5.32. The summed E-state index contributed by atoms with van der Waals surface area (Å²) in [6, 6.07) is 21.4. The molecule has 0 spiro atoms. The van der Waals surface area contributed by atoms with Gasteiger partial charge in [-0.1, -0.05) is 65.7 Å². The van der Waals surface area contributed by atoms with E-state index in [4.69, 9.17) is 23.2 Å². The number of hydrogen-bond donors (Lipinski definition) is 1. The Kier molecular flexibility index (Phi) is 6.48. The number of rotatable bonds is 5. The molecular weight excluding hydrogens is 417 g/mol. The van der Waals surface area contributed by atoms with Crippen LogP contribution in [0, 0.1) is 0 Å². The fourth-order valence-electron chi connectivity index (χ4n) is 3.56. The fourth-order valence-corrected chi connectivity index (χ4v) is 4.06. The lowest BCUT2D eigenvalue weighted by Gasteiger charge is -2.28. The first-order valence-electron chi connectivity index (χ1n) is 9.75. The van der Waals surface area contributed by atoms with Crippen LogP contribution in [0.2, 0.25) is 10.0 Å². The number of hydrazone groups is 1. The van der Waals surface area contributed by atoms with Gasteiger partial charge in [0, 0.05) is 30.8 Å². The molecule has 0 unspecified atom stereocenters. The number of hydrogen-bond acceptors (Lipinski definition) is 3. The first-order valence-corrected chi connectivity index (χ1v) is 10.5. The van der Waals surface area contributed by atoms with Gasteiger partial charge in [-0.25, -0.2) is 5.43 Å². The SMILES string of the molecule is O=C(N/N=C/c1c(Cl)cccc1Cl)c1ccc(CN2CCc3ccccc3C2)cc1. The van der Waals surface area contributed by atoms with E-state index in [2.05, 4.69) is 39.7 Å². The van der Waals surface area contributed by atoms with E-state index >= 15 is 0 Å². The van der Waals surface area contributed by atoms with Crippen LogP contribution >= 0.6 is 23.2 Å². The summed E-state index contributed by atoms with van der Waals surface area (Å²) < 4.78 is 0. The average molecular weight is 438 g/mol. The minimum absolute atomic E-state index is 0.284. The second-order valence-electron chi connectivity index (χ2n) is 7.26. The summed E-state index contributed by atoms with van der Waals surface area (Å²) in [5, 5.41) is 4.93. The van der Waals surface area contributed by atoms with Gasteiger partial charge in [0.2, 0.25) is 0 Å². The van der Waals surface area contributed by atoms with Crippen molar-refractivity contribution in [2.24, 2.45) is 5.10 Å². The Morgan fingerprint density at radius 1 is 0.967 bits per heavy atom. The van der Waals surface area contributed by atoms with Gasteiger partial charge in [0.25, 0.3) is 5.91 Å². The van der Waals surface area contributed by atoms with Crippen molar-refractivity contribution >= 4 is 35.3 Å². The van der Waals surface area contributed by atoms with E-state index in [9.17, 15) is 4.79 Å².